The highest BCUT2D eigenvalue weighted by Crippen LogP contribution is 2.19. The number of para-hydroxylation sites is 1. The first kappa shape index (κ1) is 12.9. The topological polar surface area (TPSA) is 24.1 Å². The van der Waals surface area contributed by atoms with Crippen LogP contribution in [0.25, 0.3) is 10.2 Å². The van der Waals surface area contributed by atoms with Crippen molar-refractivity contribution in [3.63, 3.8) is 0 Å². The van der Waals surface area contributed by atoms with E-state index in [4.69, 9.17) is 5.11 Å². The zero-order valence-corrected chi connectivity index (χ0v) is 11.6. The molecule has 0 aliphatic carbocycles. The number of nitrogens with zero attached hydrogens (tertiary/aromatic N) is 1. The lowest BCUT2D eigenvalue weighted by Crippen LogP contribution is -3.00. The van der Waals surface area contributed by atoms with Gasteiger partial charge in [-0.25, -0.2) is 0 Å². The van der Waals surface area contributed by atoms with E-state index in [1.54, 1.807) is 0 Å². The zero-order chi connectivity index (χ0) is 9.97. The lowest BCUT2D eigenvalue weighted by Gasteiger charge is -1.93. The Morgan fingerprint density at radius 2 is 2.07 bits per heavy atom. The molecule has 82 valence electrons. The van der Waals surface area contributed by atoms with Gasteiger partial charge in [0.25, 0.3) is 0 Å². The average molecular weight is 335 g/mol. The normalized spacial score (nSPS) is 10.3. The molecule has 15 heavy (non-hydrogen) atoms. The molecule has 0 spiro atoms. The van der Waals surface area contributed by atoms with E-state index in [1.165, 1.54) is 15.2 Å². The molecule has 1 aromatic carbocycles. The van der Waals surface area contributed by atoms with Crippen LogP contribution in [0, 0.1) is 6.92 Å². The third-order valence-electron chi connectivity index (χ3n) is 2.33. The fraction of sp³-hybridized carbons (Fsp3) is 0.364. The minimum Gasteiger partial charge on any atom is -1.00 e. The van der Waals surface area contributed by atoms with Crippen molar-refractivity contribution in [2.45, 2.75) is 19.9 Å². The Morgan fingerprint density at radius 1 is 1.33 bits per heavy atom. The van der Waals surface area contributed by atoms with Crippen LogP contribution in [0.2, 0.25) is 0 Å². The summed E-state index contributed by atoms with van der Waals surface area (Å²) in [6.45, 7) is 3.30. The molecule has 0 saturated carbocycles. The number of fused-ring (bicyclic) bond motifs is 1. The Labute approximate surface area is 111 Å². The molecule has 4 heteroatoms. The molecule has 0 saturated heterocycles. The number of aryl methyl sites for hydroxylation is 2. The van der Waals surface area contributed by atoms with Crippen LogP contribution in [0.4, 0.5) is 0 Å². The van der Waals surface area contributed by atoms with Gasteiger partial charge in [-0.2, -0.15) is 4.57 Å². The second-order valence-corrected chi connectivity index (χ2v) is 4.55. The van der Waals surface area contributed by atoms with Crippen molar-refractivity contribution in [3.05, 3.63) is 29.3 Å². The fourth-order valence-corrected chi connectivity index (χ4v) is 2.70. The van der Waals surface area contributed by atoms with E-state index < -0.39 is 0 Å². The quantitative estimate of drug-likeness (QED) is 0.558. The summed E-state index contributed by atoms with van der Waals surface area (Å²) in [5.74, 6) is 0. The van der Waals surface area contributed by atoms with Crippen molar-refractivity contribution in [1.29, 1.82) is 0 Å². The van der Waals surface area contributed by atoms with Crippen molar-refractivity contribution in [3.8, 4) is 0 Å². The molecule has 1 N–H and O–H groups in total. The SMILES string of the molecule is Cc1sc2ccccc2[n+]1CCCO.[I-]. The summed E-state index contributed by atoms with van der Waals surface area (Å²) < 4.78 is 3.60. The predicted octanol–water partition coefficient (Wildman–Crippen LogP) is -1.12. The van der Waals surface area contributed by atoms with Gasteiger partial charge in [-0.3, -0.25) is 0 Å². The van der Waals surface area contributed by atoms with E-state index in [0.29, 0.717) is 0 Å². The summed E-state index contributed by atoms with van der Waals surface area (Å²) in [5, 5.41) is 10.1. The molecule has 1 heterocycles. The Kier molecular flexibility index (Phi) is 4.95. The highest BCUT2D eigenvalue weighted by molar-refractivity contribution is 7.18. The molecule has 0 radical (unpaired) electrons. The van der Waals surface area contributed by atoms with Crippen LogP contribution in [0.1, 0.15) is 11.4 Å². The van der Waals surface area contributed by atoms with E-state index in [9.17, 15) is 0 Å². The van der Waals surface area contributed by atoms with E-state index in [-0.39, 0.29) is 30.6 Å². The number of aliphatic hydroxyl groups is 1. The van der Waals surface area contributed by atoms with Gasteiger partial charge in [-0.05, 0) is 6.07 Å². The lowest BCUT2D eigenvalue weighted by molar-refractivity contribution is -0.673. The predicted molar refractivity (Wildman–Crippen MR) is 58.5 cm³/mol. The first-order chi connectivity index (χ1) is 6.83. The maximum Gasteiger partial charge on any atom is 0.235 e. The minimum atomic E-state index is 0. The van der Waals surface area contributed by atoms with Crippen LogP contribution in [0.15, 0.2) is 24.3 Å². The van der Waals surface area contributed by atoms with Crippen LogP contribution < -0.4 is 28.5 Å². The second kappa shape index (κ2) is 5.77. The number of hydrogen-bond acceptors (Lipinski definition) is 2. The van der Waals surface area contributed by atoms with Gasteiger partial charge in [0.1, 0.15) is 4.70 Å². The largest absolute Gasteiger partial charge is 1.00 e. The summed E-state index contributed by atoms with van der Waals surface area (Å²) in [6.07, 6.45) is 0.826. The number of aliphatic hydroxyl groups excluding tert-OH is 1. The monoisotopic (exact) mass is 335 g/mol. The van der Waals surface area contributed by atoms with E-state index in [0.717, 1.165) is 13.0 Å². The summed E-state index contributed by atoms with van der Waals surface area (Å²) in [4.78, 5) is 0. The second-order valence-electron chi connectivity index (χ2n) is 3.32. The van der Waals surface area contributed by atoms with Crippen LogP contribution in [0.5, 0.6) is 0 Å². The van der Waals surface area contributed by atoms with Crippen molar-refractivity contribution in [2.24, 2.45) is 0 Å². The van der Waals surface area contributed by atoms with Crippen LogP contribution in [-0.4, -0.2) is 11.7 Å². The van der Waals surface area contributed by atoms with Crippen molar-refractivity contribution < 1.29 is 33.7 Å². The maximum atomic E-state index is 8.82. The molecule has 0 aliphatic rings. The molecule has 0 atom stereocenters. The molecular formula is C11H14INOS. The Hall–Kier alpha value is -0.200. The van der Waals surface area contributed by atoms with Crippen molar-refractivity contribution in [2.75, 3.05) is 6.61 Å². The highest BCUT2D eigenvalue weighted by atomic mass is 127. The smallest absolute Gasteiger partial charge is 0.235 e. The number of rotatable bonds is 3. The number of thiazole rings is 1. The van der Waals surface area contributed by atoms with E-state index >= 15 is 0 Å². The van der Waals surface area contributed by atoms with Gasteiger partial charge in [-0.1, -0.05) is 23.5 Å². The van der Waals surface area contributed by atoms with E-state index in [2.05, 4.69) is 35.8 Å². The first-order valence-corrected chi connectivity index (χ1v) is 5.63. The number of aromatic nitrogens is 1. The third-order valence-corrected chi connectivity index (χ3v) is 3.41. The molecular weight excluding hydrogens is 321 g/mol. The zero-order valence-electron chi connectivity index (χ0n) is 8.61. The summed E-state index contributed by atoms with van der Waals surface area (Å²) >= 11 is 1.81. The lowest BCUT2D eigenvalue weighted by atomic mass is 10.3. The van der Waals surface area contributed by atoms with Gasteiger partial charge >= 0.3 is 0 Å². The summed E-state index contributed by atoms with van der Waals surface area (Å²) in [6, 6.07) is 8.40. The van der Waals surface area contributed by atoms with Crippen molar-refractivity contribution >= 4 is 21.6 Å². The number of halogens is 1. The van der Waals surface area contributed by atoms with Gasteiger partial charge in [0.05, 0.1) is 0 Å². The molecule has 0 fully saturated rings. The Balaban J connectivity index is 0.00000112. The molecule has 2 nitrogen and oxygen atoms in total. The molecule has 0 aliphatic heterocycles. The standard InChI is InChI=1S/C11H14NOS.HI/c1-9-12(7-4-8-13)10-5-2-3-6-11(10)14-9;/h2-3,5-6,13H,4,7-8H2,1H3;1H/q+1;/p-1. The highest BCUT2D eigenvalue weighted by Gasteiger charge is 2.15. The third kappa shape index (κ3) is 2.68. The Morgan fingerprint density at radius 3 is 2.80 bits per heavy atom. The molecule has 2 rings (SSSR count). The molecule has 0 bridgehead atoms. The molecule has 0 amide bonds. The van der Waals surface area contributed by atoms with Crippen LogP contribution in [-0.2, 0) is 6.54 Å². The Bertz CT molecular complexity index is 441. The van der Waals surface area contributed by atoms with Crippen molar-refractivity contribution in [1.82, 2.24) is 0 Å². The fourth-order valence-electron chi connectivity index (χ4n) is 1.66. The van der Waals surface area contributed by atoms with Gasteiger partial charge in [0.2, 0.25) is 10.5 Å². The van der Waals surface area contributed by atoms with Gasteiger partial charge in [0, 0.05) is 26.0 Å². The summed E-state index contributed by atoms with van der Waals surface area (Å²) in [5.41, 5.74) is 1.28. The first-order valence-electron chi connectivity index (χ1n) is 4.82. The molecule has 2 aromatic rings. The van der Waals surface area contributed by atoms with Crippen LogP contribution in [0.3, 0.4) is 0 Å². The van der Waals surface area contributed by atoms with Gasteiger partial charge in [0.15, 0.2) is 6.54 Å². The molecule has 1 aromatic heterocycles. The van der Waals surface area contributed by atoms with Gasteiger partial charge < -0.3 is 29.1 Å². The molecule has 0 unspecified atom stereocenters. The summed E-state index contributed by atoms with van der Waals surface area (Å²) in [7, 11) is 0. The minimum absolute atomic E-state index is 0. The average Bonchev–Trinajstić information content (AvgIpc) is 2.51. The number of benzene rings is 1. The van der Waals surface area contributed by atoms with E-state index in [1.807, 2.05) is 11.3 Å². The van der Waals surface area contributed by atoms with Crippen LogP contribution >= 0.6 is 11.3 Å². The number of hydrogen-bond donors (Lipinski definition) is 1. The van der Waals surface area contributed by atoms with Gasteiger partial charge in [-0.15, -0.1) is 0 Å². The maximum absolute atomic E-state index is 8.82.